The zero-order valence-corrected chi connectivity index (χ0v) is 19.7. The molecule has 3 atom stereocenters. The van der Waals surface area contributed by atoms with Gasteiger partial charge in [0.15, 0.2) is 12.3 Å². The van der Waals surface area contributed by atoms with E-state index in [0.29, 0.717) is 5.56 Å². The Kier molecular flexibility index (Phi) is 7.31. The van der Waals surface area contributed by atoms with Crippen molar-refractivity contribution in [3.63, 3.8) is 0 Å². The van der Waals surface area contributed by atoms with Crippen LogP contribution in [0, 0.1) is 0 Å². The summed E-state index contributed by atoms with van der Waals surface area (Å²) in [6.07, 6.45) is 2.38. The molecule has 2 N–H and O–H groups in total. The molecule has 2 heterocycles. The highest BCUT2D eigenvalue weighted by molar-refractivity contribution is 6.03. The number of nitrogens with zero attached hydrogens (tertiary/aromatic N) is 2. The summed E-state index contributed by atoms with van der Waals surface area (Å²) in [4.78, 5) is 52.6. The Balaban J connectivity index is 1.76. The van der Waals surface area contributed by atoms with Crippen LogP contribution in [0.5, 0.6) is 0 Å². The topological polar surface area (TPSA) is 129 Å². The quantitative estimate of drug-likeness (QED) is 0.507. The zero-order valence-electron chi connectivity index (χ0n) is 19.7. The average Bonchev–Trinajstić information content (AvgIpc) is 2.78. The minimum absolute atomic E-state index is 0.0360. The third kappa shape index (κ3) is 5.76. The lowest BCUT2D eigenvalue weighted by atomic mass is 9.87. The maximum absolute atomic E-state index is 12.6. The lowest BCUT2D eigenvalue weighted by molar-refractivity contribution is -0.162. The number of nitrogens with one attached hydrogen (secondary N) is 2. The number of hydrogen-bond donors (Lipinski definition) is 2. The second-order valence-corrected chi connectivity index (χ2v) is 8.87. The molecule has 3 rings (SSSR count). The number of esters is 1. The summed E-state index contributed by atoms with van der Waals surface area (Å²) in [5.74, 6) is -1.37. The minimum Gasteiger partial charge on any atom is -0.467 e. The van der Waals surface area contributed by atoms with Gasteiger partial charge in [-0.25, -0.2) is 9.59 Å². The van der Waals surface area contributed by atoms with Crippen molar-refractivity contribution in [3.05, 3.63) is 70.3 Å². The number of anilines is 1. The highest BCUT2D eigenvalue weighted by Gasteiger charge is 2.35. The summed E-state index contributed by atoms with van der Waals surface area (Å²) in [7, 11) is 1.20. The van der Waals surface area contributed by atoms with Crippen molar-refractivity contribution in [3.8, 4) is 0 Å². The second-order valence-electron chi connectivity index (χ2n) is 8.87. The van der Waals surface area contributed by atoms with Crippen molar-refractivity contribution >= 4 is 23.6 Å². The molecular formula is C24H28N4O6. The standard InChI is InChI=1S/C24H28N4O6/c1-14(29)25-17-10-11-19(34-20(17)22(31)33-5)28-13-12-18(27-23(28)32)26-21(30)15-6-8-16(9-7-15)24(2,3)4/h6-13,17,19-20H,1-5H3,(H,25,29)(H,26,27,30,32)/t17-,19+,20-/m0/s1. The molecule has 1 aromatic carbocycles. The van der Waals surface area contributed by atoms with Crippen LogP contribution < -0.4 is 16.3 Å². The Bertz CT molecular complexity index is 1160. The van der Waals surface area contributed by atoms with Gasteiger partial charge in [0.2, 0.25) is 5.91 Å². The van der Waals surface area contributed by atoms with Crippen LogP contribution in [-0.2, 0) is 24.5 Å². The van der Waals surface area contributed by atoms with E-state index in [1.54, 1.807) is 18.2 Å². The first-order valence-corrected chi connectivity index (χ1v) is 10.7. The number of hydrogen-bond acceptors (Lipinski definition) is 7. The third-order valence-corrected chi connectivity index (χ3v) is 5.26. The van der Waals surface area contributed by atoms with E-state index in [1.807, 2.05) is 12.1 Å². The van der Waals surface area contributed by atoms with Crippen LogP contribution in [0.1, 0.15) is 49.8 Å². The maximum atomic E-state index is 12.6. The van der Waals surface area contributed by atoms with E-state index in [9.17, 15) is 19.2 Å². The average molecular weight is 469 g/mol. The SMILES string of the molecule is COC(=O)[C@H]1O[C@@H](n2ccc(NC(=O)c3ccc(C(C)(C)C)cc3)nc2=O)C=C[C@@H]1NC(C)=O. The fourth-order valence-corrected chi connectivity index (χ4v) is 3.42. The van der Waals surface area contributed by atoms with Gasteiger partial charge in [-0.1, -0.05) is 39.0 Å². The molecule has 1 aromatic heterocycles. The number of benzene rings is 1. The van der Waals surface area contributed by atoms with E-state index >= 15 is 0 Å². The summed E-state index contributed by atoms with van der Waals surface area (Å²) in [6, 6.07) is 7.92. The molecule has 10 heteroatoms. The van der Waals surface area contributed by atoms with E-state index in [-0.39, 0.29) is 17.1 Å². The van der Waals surface area contributed by atoms with Gasteiger partial charge < -0.3 is 20.1 Å². The molecule has 0 unspecified atom stereocenters. The van der Waals surface area contributed by atoms with Crippen molar-refractivity contribution in [2.45, 2.75) is 51.5 Å². The molecule has 2 aromatic rings. The Hall–Kier alpha value is -3.79. The first-order valence-electron chi connectivity index (χ1n) is 10.7. The van der Waals surface area contributed by atoms with Gasteiger partial charge in [0.25, 0.3) is 5.91 Å². The van der Waals surface area contributed by atoms with Gasteiger partial charge in [-0.05, 0) is 35.3 Å². The van der Waals surface area contributed by atoms with Crippen LogP contribution in [0.15, 0.2) is 53.5 Å². The Morgan fingerprint density at radius 2 is 1.76 bits per heavy atom. The van der Waals surface area contributed by atoms with Crippen LogP contribution in [0.4, 0.5) is 5.82 Å². The van der Waals surface area contributed by atoms with E-state index in [4.69, 9.17) is 9.47 Å². The van der Waals surface area contributed by atoms with Crippen LogP contribution >= 0.6 is 0 Å². The summed E-state index contributed by atoms with van der Waals surface area (Å²) in [6.45, 7) is 7.56. The van der Waals surface area contributed by atoms with E-state index in [2.05, 4.69) is 36.4 Å². The van der Waals surface area contributed by atoms with Crippen molar-refractivity contribution in [1.82, 2.24) is 14.9 Å². The number of rotatable bonds is 5. The number of amides is 2. The summed E-state index contributed by atoms with van der Waals surface area (Å²) >= 11 is 0. The molecule has 0 fully saturated rings. The molecular weight excluding hydrogens is 440 g/mol. The summed E-state index contributed by atoms with van der Waals surface area (Å²) in [5.41, 5.74) is 0.794. The predicted molar refractivity (Wildman–Crippen MR) is 124 cm³/mol. The molecule has 1 aliphatic heterocycles. The fourth-order valence-electron chi connectivity index (χ4n) is 3.42. The normalized spacial score (nSPS) is 19.9. The lowest BCUT2D eigenvalue weighted by Gasteiger charge is -2.31. The van der Waals surface area contributed by atoms with Gasteiger partial charge in [0, 0.05) is 18.7 Å². The third-order valence-electron chi connectivity index (χ3n) is 5.26. The van der Waals surface area contributed by atoms with Crippen molar-refractivity contribution in [2.75, 3.05) is 12.4 Å². The van der Waals surface area contributed by atoms with Crippen LogP contribution in [-0.4, -0.2) is 46.6 Å². The molecule has 10 nitrogen and oxygen atoms in total. The van der Waals surface area contributed by atoms with Gasteiger partial charge in [0.1, 0.15) is 5.82 Å². The van der Waals surface area contributed by atoms with Crippen LogP contribution in [0.2, 0.25) is 0 Å². The zero-order chi connectivity index (χ0) is 25.0. The number of methoxy groups -OCH3 is 1. The molecule has 180 valence electrons. The summed E-state index contributed by atoms with van der Waals surface area (Å²) in [5, 5.41) is 5.20. The Morgan fingerprint density at radius 3 is 2.32 bits per heavy atom. The molecule has 0 spiro atoms. The van der Waals surface area contributed by atoms with E-state index in [0.717, 1.165) is 10.1 Å². The van der Waals surface area contributed by atoms with Gasteiger partial charge in [-0.2, -0.15) is 4.98 Å². The van der Waals surface area contributed by atoms with E-state index < -0.39 is 35.9 Å². The number of ether oxygens (including phenoxy) is 2. The highest BCUT2D eigenvalue weighted by atomic mass is 16.6. The Morgan fingerprint density at radius 1 is 1.09 bits per heavy atom. The number of carbonyl (C=O) groups is 3. The van der Waals surface area contributed by atoms with Crippen molar-refractivity contribution < 1.29 is 23.9 Å². The monoisotopic (exact) mass is 468 g/mol. The molecule has 0 saturated carbocycles. The smallest absolute Gasteiger partial charge is 0.351 e. The van der Waals surface area contributed by atoms with Crippen molar-refractivity contribution in [1.29, 1.82) is 0 Å². The van der Waals surface area contributed by atoms with Crippen LogP contribution in [0.25, 0.3) is 0 Å². The highest BCUT2D eigenvalue weighted by Crippen LogP contribution is 2.23. The molecule has 0 aliphatic carbocycles. The molecule has 34 heavy (non-hydrogen) atoms. The Labute approximate surface area is 197 Å². The maximum Gasteiger partial charge on any atom is 0.351 e. The second kappa shape index (κ2) is 10.0. The fraction of sp³-hybridized carbons (Fsp3) is 0.375. The molecule has 2 amide bonds. The molecule has 0 saturated heterocycles. The minimum atomic E-state index is -1.15. The predicted octanol–water partition coefficient (Wildman–Crippen LogP) is 1.92. The van der Waals surface area contributed by atoms with Crippen molar-refractivity contribution in [2.24, 2.45) is 0 Å². The lowest BCUT2D eigenvalue weighted by Crippen LogP contribution is -2.50. The van der Waals surface area contributed by atoms with Gasteiger partial charge in [-0.3, -0.25) is 14.2 Å². The first-order chi connectivity index (χ1) is 16.0. The van der Waals surface area contributed by atoms with Gasteiger partial charge in [0.05, 0.1) is 13.2 Å². The van der Waals surface area contributed by atoms with Gasteiger partial charge in [-0.15, -0.1) is 0 Å². The molecule has 0 bridgehead atoms. The number of aromatic nitrogens is 2. The molecule has 1 aliphatic rings. The largest absolute Gasteiger partial charge is 0.467 e. The molecule has 0 radical (unpaired) electrons. The summed E-state index contributed by atoms with van der Waals surface area (Å²) < 4.78 is 11.6. The number of carbonyl (C=O) groups excluding carboxylic acids is 3. The van der Waals surface area contributed by atoms with Crippen LogP contribution in [0.3, 0.4) is 0 Å². The van der Waals surface area contributed by atoms with E-state index in [1.165, 1.54) is 32.4 Å². The first kappa shape index (κ1) is 24.8. The van der Waals surface area contributed by atoms with Gasteiger partial charge >= 0.3 is 11.7 Å².